The van der Waals surface area contributed by atoms with Crippen LogP contribution in [-0.4, -0.2) is 25.2 Å². The van der Waals surface area contributed by atoms with Crippen molar-refractivity contribution in [2.45, 2.75) is 44.0 Å². The summed E-state index contributed by atoms with van der Waals surface area (Å²) in [5, 5.41) is 3.49. The molecule has 2 aromatic rings. The van der Waals surface area contributed by atoms with Crippen molar-refractivity contribution < 1.29 is 9.53 Å². The largest absolute Gasteiger partial charge is 0.465 e. The lowest BCUT2D eigenvalue weighted by Gasteiger charge is -2.22. The number of carbonyl (C=O) groups is 1. The first kappa shape index (κ1) is 19.5. The van der Waals surface area contributed by atoms with E-state index in [4.69, 9.17) is 4.74 Å². The zero-order valence-electron chi connectivity index (χ0n) is 15.4. The second-order valence-corrected chi connectivity index (χ2v) is 7.65. The lowest BCUT2D eigenvalue weighted by Crippen LogP contribution is -2.37. The monoisotopic (exact) mass is 357 g/mol. The summed E-state index contributed by atoms with van der Waals surface area (Å²) in [5.74, 6) is -0.298. The maximum absolute atomic E-state index is 12.2. The minimum absolute atomic E-state index is 0.0313. The summed E-state index contributed by atoms with van der Waals surface area (Å²) < 4.78 is 4.98. The summed E-state index contributed by atoms with van der Waals surface area (Å²) in [6.07, 6.45) is 1.49. The Hall–Kier alpha value is -1.78. The van der Waals surface area contributed by atoms with Crippen molar-refractivity contribution in [2.24, 2.45) is 0 Å². The predicted molar refractivity (Wildman–Crippen MR) is 106 cm³/mol. The van der Waals surface area contributed by atoms with E-state index in [0.717, 1.165) is 35.4 Å². The maximum atomic E-state index is 12.2. The third-order valence-electron chi connectivity index (χ3n) is 4.07. The second-order valence-electron chi connectivity index (χ2n) is 7.17. The molecule has 3 nitrogen and oxygen atoms in total. The van der Waals surface area contributed by atoms with Crippen LogP contribution in [0.3, 0.4) is 0 Å². The van der Waals surface area contributed by atoms with Crippen LogP contribution < -0.4 is 5.32 Å². The molecule has 0 unspecified atom stereocenters. The van der Waals surface area contributed by atoms with E-state index in [1.54, 1.807) is 0 Å². The Balaban J connectivity index is 2.39. The number of hydrogen-bond acceptors (Lipinski definition) is 4. The van der Waals surface area contributed by atoms with Gasteiger partial charge in [-0.1, -0.05) is 30.3 Å². The molecule has 0 bridgehead atoms. The summed E-state index contributed by atoms with van der Waals surface area (Å²) in [4.78, 5) is 13.1. The average molecular weight is 358 g/mol. The molecule has 0 heterocycles. The molecule has 0 amide bonds. The van der Waals surface area contributed by atoms with Crippen LogP contribution in [0.1, 0.15) is 47.8 Å². The van der Waals surface area contributed by atoms with E-state index < -0.39 is 0 Å². The molecule has 2 rings (SSSR count). The van der Waals surface area contributed by atoms with Gasteiger partial charge in [0.25, 0.3) is 0 Å². The summed E-state index contributed by atoms with van der Waals surface area (Å²) >= 11 is 4.65. The number of nitrogens with one attached hydrogen (secondary N) is 1. The summed E-state index contributed by atoms with van der Waals surface area (Å²) in [6.45, 7) is 7.18. The minimum atomic E-state index is -0.298. The fraction of sp³-hybridized carbons (Fsp3) is 0.381. The van der Waals surface area contributed by atoms with E-state index in [9.17, 15) is 4.79 Å². The van der Waals surface area contributed by atoms with Gasteiger partial charge in [-0.3, -0.25) is 0 Å². The highest BCUT2D eigenvalue weighted by molar-refractivity contribution is 7.80. The molecular weight excluding hydrogens is 330 g/mol. The van der Waals surface area contributed by atoms with Crippen LogP contribution in [0.4, 0.5) is 0 Å². The van der Waals surface area contributed by atoms with Gasteiger partial charge in [-0.25, -0.2) is 4.79 Å². The van der Waals surface area contributed by atoms with Gasteiger partial charge in [0.2, 0.25) is 0 Å². The number of hydrogen-bond donors (Lipinski definition) is 2. The molecular formula is C21H27NO2S. The zero-order chi connectivity index (χ0) is 18.4. The SMILES string of the molecule is COC(=O)c1ccc(S)c(Cc2ccccc2)c1CCNC(C)(C)C. The van der Waals surface area contributed by atoms with E-state index in [1.807, 2.05) is 30.3 Å². The standard InChI is InChI=1S/C21H27NO2S/c1-21(2,3)22-13-12-16-17(20(23)24-4)10-11-19(25)18(16)14-15-8-6-5-7-9-15/h5-11,22,25H,12-14H2,1-4H3. The van der Waals surface area contributed by atoms with Crippen LogP contribution in [0, 0.1) is 0 Å². The fourth-order valence-corrected chi connectivity index (χ4v) is 3.12. The Bertz CT molecular complexity index is 721. The van der Waals surface area contributed by atoms with Gasteiger partial charge in [0.05, 0.1) is 12.7 Å². The van der Waals surface area contributed by atoms with E-state index in [2.05, 4.69) is 50.8 Å². The molecule has 0 aliphatic heterocycles. The van der Waals surface area contributed by atoms with Gasteiger partial charge in [-0.15, -0.1) is 12.6 Å². The van der Waals surface area contributed by atoms with Crippen molar-refractivity contribution in [3.8, 4) is 0 Å². The van der Waals surface area contributed by atoms with Gasteiger partial charge in [0.15, 0.2) is 0 Å². The molecule has 0 atom stereocenters. The quantitative estimate of drug-likeness (QED) is 0.598. The molecule has 25 heavy (non-hydrogen) atoms. The number of methoxy groups -OCH3 is 1. The molecule has 0 spiro atoms. The molecule has 2 aromatic carbocycles. The van der Waals surface area contributed by atoms with Crippen molar-refractivity contribution in [1.82, 2.24) is 5.32 Å². The Kier molecular flexibility index (Phi) is 6.68. The Morgan fingerprint density at radius 1 is 1.08 bits per heavy atom. The number of carbonyl (C=O) groups excluding carboxylic acids is 1. The summed E-state index contributed by atoms with van der Waals surface area (Å²) in [7, 11) is 1.42. The highest BCUT2D eigenvalue weighted by Gasteiger charge is 2.18. The molecule has 0 aliphatic rings. The topological polar surface area (TPSA) is 38.3 Å². The van der Waals surface area contributed by atoms with E-state index in [1.165, 1.54) is 12.7 Å². The van der Waals surface area contributed by atoms with Crippen LogP contribution >= 0.6 is 12.6 Å². The van der Waals surface area contributed by atoms with E-state index >= 15 is 0 Å². The van der Waals surface area contributed by atoms with Gasteiger partial charge < -0.3 is 10.1 Å². The molecule has 134 valence electrons. The van der Waals surface area contributed by atoms with Gasteiger partial charge in [0.1, 0.15) is 0 Å². The zero-order valence-corrected chi connectivity index (χ0v) is 16.3. The molecule has 0 radical (unpaired) electrons. The third kappa shape index (κ3) is 5.62. The second kappa shape index (κ2) is 8.54. The molecule has 0 fully saturated rings. The van der Waals surface area contributed by atoms with E-state index in [0.29, 0.717) is 5.56 Å². The average Bonchev–Trinajstić information content (AvgIpc) is 2.57. The van der Waals surface area contributed by atoms with Crippen LogP contribution in [0.5, 0.6) is 0 Å². The number of benzene rings is 2. The van der Waals surface area contributed by atoms with E-state index in [-0.39, 0.29) is 11.5 Å². The van der Waals surface area contributed by atoms with Crippen molar-refractivity contribution >= 4 is 18.6 Å². The van der Waals surface area contributed by atoms with Crippen LogP contribution in [0.15, 0.2) is 47.4 Å². The number of rotatable bonds is 6. The molecule has 1 N–H and O–H groups in total. The Labute approximate surface area is 156 Å². The lowest BCUT2D eigenvalue weighted by molar-refractivity contribution is 0.0599. The third-order valence-corrected chi connectivity index (χ3v) is 4.48. The van der Waals surface area contributed by atoms with Crippen molar-refractivity contribution in [2.75, 3.05) is 13.7 Å². The fourth-order valence-electron chi connectivity index (χ4n) is 2.83. The molecule has 0 saturated heterocycles. The highest BCUT2D eigenvalue weighted by atomic mass is 32.1. The van der Waals surface area contributed by atoms with Crippen LogP contribution in [0.2, 0.25) is 0 Å². The van der Waals surface area contributed by atoms with Crippen molar-refractivity contribution in [3.63, 3.8) is 0 Å². The van der Waals surface area contributed by atoms with Crippen LogP contribution in [0.25, 0.3) is 0 Å². The Morgan fingerprint density at radius 2 is 1.76 bits per heavy atom. The van der Waals surface area contributed by atoms with Crippen LogP contribution in [-0.2, 0) is 17.6 Å². The van der Waals surface area contributed by atoms with Gasteiger partial charge in [-0.05, 0) is 69.0 Å². The first-order chi connectivity index (χ1) is 11.8. The van der Waals surface area contributed by atoms with Gasteiger partial charge in [-0.2, -0.15) is 0 Å². The number of thiol groups is 1. The molecule has 0 aliphatic carbocycles. The summed E-state index contributed by atoms with van der Waals surface area (Å²) in [5.41, 5.74) is 3.96. The minimum Gasteiger partial charge on any atom is -0.465 e. The van der Waals surface area contributed by atoms with Crippen molar-refractivity contribution in [3.05, 3.63) is 64.7 Å². The number of esters is 1. The maximum Gasteiger partial charge on any atom is 0.338 e. The smallest absolute Gasteiger partial charge is 0.338 e. The lowest BCUT2D eigenvalue weighted by atomic mass is 9.93. The molecule has 4 heteroatoms. The number of ether oxygens (including phenoxy) is 1. The normalized spacial score (nSPS) is 11.4. The Morgan fingerprint density at radius 3 is 2.36 bits per heavy atom. The molecule has 0 saturated carbocycles. The predicted octanol–water partition coefficient (Wildman–Crippen LogP) is 4.28. The van der Waals surface area contributed by atoms with Gasteiger partial charge >= 0.3 is 5.97 Å². The van der Waals surface area contributed by atoms with Gasteiger partial charge in [0, 0.05) is 10.4 Å². The first-order valence-electron chi connectivity index (χ1n) is 8.53. The highest BCUT2D eigenvalue weighted by Crippen LogP contribution is 2.26. The molecule has 0 aromatic heterocycles. The first-order valence-corrected chi connectivity index (χ1v) is 8.97. The van der Waals surface area contributed by atoms with Crippen molar-refractivity contribution in [1.29, 1.82) is 0 Å². The summed E-state index contributed by atoms with van der Waals surface area (Å²) in [6, 6.07) is 13.9.